The third-order valence-electron chi connectivity index (χ3n) is 6.53. The van der Waals surface area contributed by atoms with Gasteiger partial charge in [0.25, 0.3) is 5.91 Å². The van der Waals surface area contributed by atoms with Crippen LogP contribution in [0, 0.1) is 0 Å². The summed E-state index contributed by atoms with van der Waals surface area (Å²) in [5.41, 5.74) is 0. The summed E-state index contributed by atoms with van der Waals surface area (Å²) in [4.78, 5) is 32.7. The predicted molar refractivity (Wildman–Crippen MR) is 137 cm³/mol. The first-order valence-electron chi connectivity index (χ1n) is 13.2. The first-order valence-corrected chi connectivity index (χ1v) is 14.2. The molecule has 2 rings (SSSR count). The van der Waals surface area contributed by atoms with Gasteiger partial charge in [-0.2, -0.15) is 0 Å². The fraction of sp³-hybridized carbons (Fsp3) is 0.880. The lowest BCUT2D eigenvalue weighted by Crippen LogP contribution is -2.63. The second-order valence-corrected chi connectivity index (χ2v) is 10.6. The Morgan fingerprint density at radius 1 is 0.939 bits per heavy atom. The number of carbonyl (C=O) groups excluding carboxylic acids is 2. The molecule has 1 saturated heterocycles. The van der Waals surface area contributed by atoms with Crippen molar-refractivity contribution in [1.82, 2.24) is 15.1 Å². The molecule has 0 spiro atoms. The smallest absolute Gasteiger partial charge is 0.325 e. The van der Waals surface area contributed by atoms with E-state index in [2.05, 4.69) is 17.2 Å². The molecule has 33 heavy (non-hydrogen) atoms. The molecule has 190 valence electrons. The van der Waals surface area contributed by atoms with E-state index in [1.807, 2.05) is 4.90 Å². The van der Waals surface area contributed by atoms with Gasteiger partial charge in [0.15, 0.2) is 17.4 Å². The summed E-state index contributed by atoms with van der Waals surface area (Å²) in [5.74, 6) is 0.247. The third-order valence-corrected chi connectivity index (χ3v) is 7.78. The lowest BCUT2D eigenvalue weighted by atomic mass is 10.0. The molecule has 0 bridgehead atoms. The number of aliphatic imine (C=N–C) groups is 1. The molecule has 3 unspecified atom stereocenters. The summed E-state index contributed by atoms with van der Waals surface area (Å²) in [5, 5.41) is 12.9. The van der Waals surface area contributed by atoms with Crippen molar-refractivity contribution < 1.29 is 14.7 Å². The number of rotatable bonds is 17. The topological polar surface area (TPSA) is 85.2 Å². The number of amides is 3. The molecule has 2 heterocycles. The van der Waals surface area contributed by atoms with E-state index in [-0.39, 0.29) is 5.91 Å². The van der Waals surface area contributed by atoms with Crippen molar-refractivity contribution in [3.05, 3.63) is 0 Å². The zero-order valence-electron chi connectivity index (χ0n) is 21.1. The predicted octanol–water partition coefficient (Wildman–Crippen LogP) is 5.13. The van der Waals surface area contributed by atoms with Crippen LogP contribution >= 0.6 is 11.8 Å². The Hall–Kier alpha value is -1.28. The molecule has 3 amide bonds. The standard InChI is InChI=1S/C25H46N4O3S/c1-4-5-6-7-8-9-10-11-12-13-14-15-16-17-18-29-21-22(26-25(29)33-19-20(2)30)28(3)24(32)27-23(21)31/h20-22,30H,4-19H2,1-3H3,(H,27,31,32). The summed E-state index contributed by atoms with van der Waals surface area (Å²) in [6.45, 7) is 4.76. The second-order valence-electron chi connectivity index (χ2n) is 9.63. The number of amidine groups is 1. The van der Waals surface area contributed by atoms with Gasteiger partial charge >= 0.3 is 6.03 Å². The van der Waals surface area contributed by atoms with Crippen LogP contribution < -0.4 is 5.32 Å². The van der Waals surface area contributed by atoms with Crippen LogP contribution in [0.1, 0.15) is 104 Å². The molecule has 0 aromatic rings. The summed E-state index contributed by atoms with van der Waals surface area (Å²) in [6, 6.07) is -0.866. The molecule has 0 aromatic heterocycles. The highest BCUT2D eigenvalue weighted by molar-refractivity contribution is 8.13. The Morgan fingerprint density at radius 3 is 1.97 bits per heavy atom. The zero-order valence-corrected chi connectivity index (χ0v) is 21.9. The first kappa shape index (κ1) is 28.0. The number of nitrogens with zero attached hydrogens (tertiary/aromatic N) is 3. The van der Waals surface area contributed by atoms with Crippen LogP contribution in [0.2, 0.25) is 0 Å². The molecule has 1 fully saturated rings. The normalized spacial score (nSPS) is 21.3. The number of urea groups is 1. The maximum absolute atomic E-state index is 12.5. The molecule has 3 atom stereocenters. The van der Waals surface area contributed by atoms with Crippen LogP contribution in [0.15, 0.2) is 4.99 Å². The summed E-state index contributed by atoms with van der Waals surface area (Å²) >= 11 is 1.47. The first-order chi connectivity index (χ1) is 16.0. The molecule has 0 aromatic carbocycles. The van der Waals surface area contributed by atoms with Crippen LogP contribution in [-0.2, 0) is 4.79 Å². The summed E-state index contributed by atoms with van der Waals surface area (Å²) in [6.07, 6.45) is 17.4. The minimum Gasteiger partial charge on any atom is -0.393 e. The number of nitrogens with one attached hydrogen (secondary N) is 1. The Bertz CT molecular complexity index is 629. The van der Waals surface area contributed by atoms with E-state index in [4.69, 9.17) is 0 Å². The SMILES string of the molecule is CCCCCCCCCCCCCCCCN1C(SCC(C)O)=NC2C1C(=O)NC(=O)N2C. The lowest BCUT2D eigenvalue weighted by Gasteiger charge is -2.36. The molecule has 0 aliphatic carbocycles. The van der Waals surface area contributed by atoms with Gasteiger partial charge in [0.05, 0.1) is 6.10 Å². The number of likely N-dealkylation sites (N-methyl/N-ethyl adjacent to an activating group) is 1. The van der Waals surface area contributed by atoms with E-state index in [0.717, 1.165) is 24.6 Å². The second kappa shape index (κ2) is 15.6. The number of hydrogen-bond donors (Lipinski definition) is 2. The number of carbonyl (C=O) groups is 2. The largest absolute Gasteiger partial charge is 0.393 e. The summed E-state index contributed by atoms with van der Waals surface area (Å²) in [7, 11) is 1.68. The van der Waals surface area contributed by atoms with Crippen molar-refractivity contribution in [3.8, 4) is 0 Å². The number of aliphatic hydroxyl groups is 1. The van der Waals surface area contributed by atoms with Gasteiger partial charge in [0.2, 0.25) is 0 Å². The third kappa shape index (κ3) is 9.47. The van der Waals surface area contributed by atoms with Crippen LogP contribution in [0.25, 0.3) is 0 Å². The molecule has 8 heteroatoms. The van der Waals surface area contributed by atoms with Gasteiger partial charge in [0, 0.05) is 19.3 Å². The van der Waals surface area contributed by atoms with Crippen molar-refractivity contribution in [1.29, 1.82) is 0 Å². The fourth-order valence-electron chi connectivity index (χ4n) is 4.53. The Balaban J connectivity index is 1.62. The van der Waals surface area contributed by atoms with E-state index >= 15 is 0 Å². The van der Waals surface area contributed by atoms with Gasteiger partial charge in [0.1, 0.15) is 0 Å². The van der Waals surface area contributed by atoms with E-state index in [9.17, 15) is 14.7 Å². The van der Waals surface area contributed by atoms with E-state index in [1.165, 1.54) is 93.7 Å². The number of hydrogen-bond acceptors (Lipinski definition) is 6. The van der Waals surface area contributed by atoms with Crippen LogP contribution in [-0.4, -0.2) is 69.7 Å². The highest BCUT2D eigenvalue weighted by Crippen LogP contribution is 2.29. The number of thioether (sulfide) groups is 1. The number of aliphatic hydroxyl groups excluding tert-OH is 1. The van der Waals surface area contributed by atoms with Gasteiger partial charge in [-0.3, -0.25) is 10.1 Å². The zero-order chi connectivity index (χ0) is 24.1. The minimum absolute atomic E-state index is 0.273. The van der Waals surface area contributed by atoms with Crippen molar-refractivity contribution in [3.63, 3.8) is 0 Å². The van der Waals surface area contributed by atoms with Gasteiger partial charge < -0.3 is 14.9 Å². The van der Waals surface area contributed by atoms with Crippen molar-refractivity contribution in [2.75, 3.05) is 19.3 Å². The average molecular weight is 483 g/mol. The number of unbranched alkanes of at least 4 members (excludes halogenated alkanes) is 13. The molecule has 2 aliphatic heterocycles. The van der Waals surface area contributed by atoms with Crippen molar-refractivity contribution in [2.45, 2.75) is 122 Å². The number of imide groups is 1. The molecule has 7 nitrogen and oxygen atoms in total. The quantitative estimate of drug-likeness (QED) is 0.281. The Kier molecular flexibility index (Phi) is 13.2. The summed E-state index contributed by atoms with van der Waals surface area (Å²) < 4.78 is 0. The number of fused-ring (bicyclic) bond motifs is 1. The lowest BCUT2D eigenvalue weighted by molar-refractivity contribution is -0.127. The van der Waals surface area contributed by atoms with Gasteiger partial charge in [-0.1, -0.05) is 102 Å². The highest BCUT2D eigenvalue weighted by atomic mass is 32.2. The highest BCUT2D eigenvalue weighted by Gasteiger charge is 2.48. The monoisotopic (exact) mass is 482 g/mol. The van der Waals surface area contributed by atoms with Gasteiger partial charge in [-0.05, 0) is 13.3 Å². The fourth-order valence-corrected chi connectivity index (χ4v) is 5.47. The molecule has 0 radical (unpaired) electrons. The van der Waals surface area contributed by atoms with Crippen LogP contribution in [0.3, 0.4) is 0 Å². The molecule has 2 aliphatic rings. The van der Waals surface area contributed by atoms with E-state index in [0.29, 0.717) is 5.75 Å². The molecular formula is C25H46N4O3S. The Labute approximate surface area is 205 Å². The van der Waals surface area contributed by atoms with Crippen molar-refractivity contribution in [2.24, 2.45) is 4.99 Å². The average Bonchev–Trinajstić information content (AvgIpc) is 3.15. The molecule has 0 saturated carbocycles. The van der Waals surface area contributed by atoms with Crippen LogP contribution in [0.4, 0.5) is 4.79 Å². The van der Waals surface area contributed by atoms with Crippen LogP contribution in [0.5, 0.6) is 0 Å². The van der Waals surface area contributed by atoms with Crippen molar-refractivity contribution >= 4 is 28.9 Å². The van der Waals surface area contributed by atoms with E-state index in [1.54, 1.807) is 14.0 Å². The maximum Gasteiger partial charge on any atom is 0.325 e. The molecular weight excluding hydrogens is 436 g/mol. The van der Waals surface area contributed by atoms with E-state index < -0.39 is 24.3 Å². The molecule has 2 N–H and O–H groups in total. The minimum atomic E-state index is -0.477. The Morgan fingerprint density at radius 2 is 1.45 bits per heavy atom. The van der Waals surface area contributed by atoms with Gasteiger partial charge in [-0.15, -0.1) is 0 Å². The van der Waals surface area contributed by atoms with Gasteiger partial charge in [-0.25, -0.2) is 9.79 Å². The maximum atomic E-state index is 12.5.